The predicted molar refractivity (Wildman–Crippen MR) is 212 cm³/mol. The van der Waals surface area contributed by atoms with Crippen molar-refractivity contribution >= 4 is 29.3 Å². The Hall–Kier alpha value is -6.07. The Balaban J connectivity index is 0.790. The molecule has 11 nitrogen and oxygen atoms in total. The van der Waals surface area contributed by atoms with Crippen molar-refractivity contribution in [2.75, 3.05) is 37.6 Å². The third kappa shape index (κ3) is 6.76. The number of fused-ring (bicyclic) bond motifs is 2. The maximum Gasteiger partial charge on any atom is 0.262 e. The third-order valence-electron chi connectivity index (χ3n) is 12.1. The molecule has 4 heterocycles. The van der Waals surface area contributed by atoms with Gasteiger partial charge < -0.3 is 10.0 Å². The predicted octanol–water partition coefficient (Wildman–Crippen LogP) is 5.73. The van der Waals surface area contributed by atoms with Crippen LogP contribution in [0.1, 0.15) is 80.5 Å². The standard InChI is InChI=1S/C45H44N6O5/c52-35-13-16-37-32(25-35)11-14-36(30-5-2-1-3-6-30)42(37)31-9-7-29(8-10-31)33-27-46-50(28-33)20-4-19-48-21-23-49(24-22-48)34-12-15-38-39(26-34)45(56)51(44(38)55)40-17-18-41(53)47-43(40)54/h1-3,5-10,12-13,15-16,25-28,36,40,42,52H,4,11,14,17-24H2,(H,47,53,54)/t36-,40?,42?/m1/s1. The zero-order chi connectivity index (χ0) is 38.3. The van der Waals surface area contributed by atoms with Gasteiger partial charge in [0.15, 0.2) is 0 Å². The van der Waals surface area contributed by atoms with Crippen molar-refractivity contribution in [2.45, 2.75) is 56.5 Å². The van der Waals surface area contributed by atoms with Gasteiger partial charge in [-0.1, -0.05) is 60.7 Å². The van der Waals surface area contributed by atoms with Crippen molar-refractivity contribution < 1.29 is 24.3 Å². The number of benzene rings is 4. The number of hydrogen-bond donors (Lipinski definition) is 2. The van der Waals surface area contributed by atoms with E-state index in [1.54, 1.807) is 12.1 Å². The van der Waals surface area contributed by atoms with Gasteiger partial charge in [-0.05, 0) is 89.8 Å². The van der Waals surface area contributed by atoms with Crippen molar-refractivity contribution in [1.29, 1.82) is 0 Å². The first-order valence-corrected chi connectivity index (χ1v) is 19.6. The fourth-order valence-corrected chi connectivity index (χ4v) is 9.14. The van der Waals surface area contributed by atoms with Gasteiger partial charge in [-0.25, -0.2) is 0 Å². The number of nitrogens with one attached hydrogen (secondary N) is 1. The Labute approximate surface area is 325 Å². The Bertz CT molecular complexity index is 2310. The van der Waals surface area contributed by atoms with Crippen LogP contribution in [-0.2, 0) is 22.6 Å². The third-order valence-corrected chi connectivity index (χ3v) is 12.1. The molecule has 2 saturated heterocycles. The zero-order valence-corrected chi connectivity index (χ0v) is 31.1. The van der Waals surface area contributed by atoms with Crippen molar-refractivity contribution in [3.63, 3.8) is 0 Å². The second-order valence-corrected chi connectivity index (χ2v) is 15.4. The second-order valence-electron chi connectivity index (χ2n) is 15.4. The van der Waals surface area contributed by atoms with Crippen LogP contribution >= 0.6 is 0 Å². The summed E-state index contributed by atoms with van der Waals surface area (Å²) < 4.78 is 2.02. The normalized spacial score (nSPS) is 21.2. The van der Waals surface area contributed by atoms with Crippen molar-refractivity contribution in [3.05, 3.63) is 137 Å². The van der Waals surface area contributed by atoms with Crippen LogP contribution in [0, 0.1) is 0 Å². The second kappa shape index (κ2) is 14.9. The van der Waals surface area contributed by atoms with Gasteiger partial charge in [-0.2, -0.15) is 5.10 Å². The Morgan fingerprint density at radius 3 is 2.30 bits per heavy atom. The highest BCUT2D eigenvalue weighted by Gasteiger charge is 2.45. The molecule has 9 rings (SSSR count). The van der Waals surface area contributed by atoms with Gasteiger partial charge in [-0.3, -0.25) is 39.0 Å². The lowest BCUT2D eigenvalue weighted by Gasteiger charge is -2.36. The number of phenols is 1. The maximum atomic E-state index is 13.3. The van der Waals surface area contributed by atoms with E-state index in [0.717, 1.165) is 80.2 Å². The molecule has 2 unspecified atom stereocenters. The number of aromatic nitrogens is 2. The van der Waals surface area contributed by atoms with Gasteiger partial charge in [0, 0.05) is 69.1 Å². The van der Waals surface area contributed by atoms with Crippen LogP contribution in [0.25, 0.3) is 11.1 Å². The molecule has 4 aromatic carbocycles. The summed E-state index contributed by atoms with van der Waals surface area (Å²) in [6, 6.07) is 29.9. The summed E-state index contributed by atoms with van der Waals surface area (Å²) >= 11 is 0. The molecule has 4 aliphatic rings. The molecule has 5 aromatic rings. The molecule has 0 spiro atoms. The number of nitrogens with zero attached hydrogens (tertiary/aromatic N) is 5. The number of piperidine rings is 1. The van der Waals surface area contributed by atoms with Gasteiger partial charge in [0.25, 0.3) is 11.8 Å². The number of phenolic OH excluding ortho intramolecular Hbond substituents is 1. The lowest BCUT2D eigenvalue weighted by Crippen LogP contribution is -2.54. The van der Waals surface area contributed by atoms with Crippen LogP contribution in [0.2, 0.25) is 0 Å². The highest BCUT2D eigenvalue weighted by molar-refractivity contribution is 6.23. The summed E-state index contributed by atoms with van der Waals surface area (Å²) in [5.41, 5.74) is 8.86. The monoisotopic (exact) mass is 748 g/mol. The van der Waals surface area contributed by atoms with E-state index >= 15 is 0 Å². The number of amides is 4. The first-order chi connectivity index (χ1) is 27.3. The first-order valence-electron chi connectivity index (χ1n) is 19.6. The summed E-state index contributed by atoms with van der Waals surface area (Å²) in [7, 11) is 0. The first kappa shape index (κ1) is 35.6. The van der Waals surface area contributed by atoms with Crippen molar-refractivity contribution in [1.82, 2.24) is 24.9 Å². The lowest BCUT2D eigenvalue weighted by molar-refractivity contribution is -0.136. The molecule has 0 saturated carbocycles. The van der Waals surface area contributed by atoms with E-state index in [4.69, 9.17) is 0 Å². The van der Waals surface area contributed by atoms with Crippen molar-refractivity contribution in [2.24, 2.45) is 0 Å². The van der Waals surface area contributed by atoms with E-state index in [9.17, 15) is 24.3 Å². The molecule has 0 radical (unpaired) electrons. The molecular weight excluding hydrogens is 705 g/mol. The molecule has 284 valence electrons. The topological polar surface area (TPSA) is 128 Å². The maximum absolute atomic E-state index is 13.3. The number of piperazine rings is 1. The number of anilines is 1. The Morgan fingerprint density at radius 2 is 1.52 bits per heavy atom. The van der Waals surface area contributed by atoms with Crippen LogP contribution in [0.5, 0.6) is 5.75 Å². The Kier molecular flexibility index (Phi) is 9.46. The number of imide groups is 2. The average molecular weight is 749 g/mol. The molecule has 56 heavy (non-hydrogen) atoms. The summed E-state index contributed by atoms with van der Waals surface area (Å²) in [5, 5.41) is 17.1. The molecule has 4 amide bonds. The van der Waals surface area contributed by atoms with E-state index < -0.39 is 23.8 Å². The molecule has 2 N–H and O–H groups in total. The van der Waals surface area contributed by atoms with Gasteiger partial charge in [-0.15, -0.1) is 0 Å². The van der Waals surface area contributed by atoms with Crippen LogP contribution in [0.15, 0.2) is 103 Å². The van der Waals surface area contributed by atoms with Gasteiger partial charge >= 0.3 is 0 Å². The highest BCUT2D eigenvalue weighted by Crippen LogP contribution is 2.47. The van der Waals surface area contributed by atoms with E-state index in [0.29, 0.717) is 22.8 Å². The minimum absolute atomic E-state index is 0.0959. The van der Waals surface area contributed by atoms with E-state index in [1.807, 2.05) is 29.1 Å². The number of aryl methyl sites for hydroxylation is 2. The van der Waals surface area contributed by atoms with E-state index in [-0.39, 0.29) is 24.7 Å². The molecule has 3 atom stereocenters. The highest BCUT2D eigenvalue weighted by atomic mass is 16.3. The summed E-state index contributed by atoms with van der Waals surface area (Å²) in [5.74, 6) is -1.06. The minimum atomic E-state index is -0.968. The summed E-state index contributed by atoms with van der Waals surface area (Å²) in [6.07, 6.45) is 7.25. The largest absolute Gasteiger partial charge is 0.508 e. The fraction of sp³-hybridized carbons (Fsp3) is 0.311. The molecule has 1 aromatic heterocycles. The molecule has 2 fully saturated rings. The number of carbonyl (C=O) groups is 4. The number of carbonyl (C=O) groups excluding carboxylic acids is 4. The van der Waals surface area contributed by atoms with Gasteiger partial charge in [0.1, 0.15) is 11.8 Å². The van der Waals surface area contributed by atoms with Crippen LogP contribution < -0.4 is 10.2 Å². The van der Waals surface area contributed by atoms with Crippen LogP contribution in [-0.4, -0.2) is 87.1 Å². The van der Waals surface area contributed by atoms with Crippen LogP contribution in [0.3, 0.4) is 0 Å². The Morgan fingerprint density at radius 1 is 0.732 bits per heavy atom. The van der Waals surface area contributed by atoms with E-state index in [2.05, 4.69) is 87.1 Å². The molecule has 1 aliphatic carbocycles. The molecule has 11 heteroatoms. The van der Waals surface area contributed by atoms with E-state index in [1.165, 1.54) is 22.3 Å². The van der Waals surface area contributed by atoms with Crippen molar-refractivity contribution in [3.8, 4) is 16.9 Å². The molecule has 3 aliphatic heterocycles. The lowest BCUT2D eigenvalue weighted by atomic mass is 9.69. The fourth-order valence-electron chi connectivity index (χ4n) is 9.14. The summed E-state index contributed by atoms with van der Waals surface area (Å²) in [6.45, 7) is 5.09. The number of rotatable bonds is 9. The average Bonchev–Trinajstić information content (AvgIpc) is 3.79. The molecule has 0 bridgehead atoms. The number of aromatic hydroxyl groups is 1. The quantitative estimate of drug-likeness (QED) is 0.183. The minimum Gasteiger partial charge on any atom is -0.508 e. The SMILES string of the molecule is O=C1CCC(N2C(=O)c3ccc(N4CCN(CCCn5cc(-c6ccc(C7c8ccc(O)cc8CC[C@@H]7c7ccccc7)cc6)cn5)CC4)cc3C2=O)C(=O)N1. The smallest absolute Gasteiger partial charge is 0.262 e. The molecular formula is C45H44N6O5. The van der Waals surface area contributed by atoms with Gasteiger partial charge in [0.2, 0.25) is 11.8 Å². The number of hydrogen-bond acceptors (Lipinski definition) is 8. The zero-order valence-electron chi connectivity index (χ0n) is 31.1. The summed E-state index contributed by atoms with van der Waals surface area (Å²) in [4.78, 5) is 56.1. The van der Waals surface area contributed by atoms with Crippen LogP contribution in [0.4, 0.5) is 5.69 Å². The van der Waals surface area contributed by atoms with Gasteiger partial charge in [0.05, 0.1) is 17.3 Å².